The SMILES string of the molecule is CCCCOC(=O)NC(CCC)C(=O)OC. The number of methoxy groups -OCH3 is 1. The van der Waals surface area contributed by atoms with Gasteiger partial charge in [0.15, 0.2) is 0 Å². The van der Waals surface area contributed by atoms with Crippen molar-refractivity contribution in [1.82, 2.24) is 5.32 Å². The summed E-state index contributed by atoms with van der Waals surface area (Å²) in [6.45, 7) is 4.32. The average molecular weight is 231 g/mol. The molecule has 0 aromatic rings. The Morgan fingerprint density at radius 2 is 1.94 bits per heavy atom. The molecule has 1 atom stereocenters. The number of hydrogen-bond donors (Lipinski definition) is 1. The summed E-state index contributed by atoms with van der Waals surface area (Å²) in [5.74, 6) is -0.436. The van der Waals surface area contributed by atoms with Crippen LogP contribution in [-0.2, 0) is 14.3 Å². The Balaban J connectivity index is 3.97. The lowest BCUT2D eigenvalue weighted by Gasteiger charge is -2.15. The fourth-order valence-corrected chi connectivity index (χ4v) is 1.17. The van der Waals surface area contributed by atoms with E-state index in [2.05, 4.69) is 10.1 Å². The van der Waals surface area contributed by atoms with Crippen molar-refractivity contribution >= 4 is 12.1 Å². The Kier molecular flexibility index (Phi) is 8.29. The van der Waals surface area contributed by atoms with Gasteiger partial charge < -0.3 is 14.8 Å². The third-order valence-electron chi connectivity index (χ3n) is 2.09. The summed E-state index contributed by atoms with van der Waals surface area (Å²) in [6, 6.07) is -0.607. The molecule has 0 aliphatic carbocycles. The van der Waals surface area contributed by atoms with Crippen molar-refractivity contribution in [2.24, 2.45) is 0 Å². The van der Waals surface area contributed by atoms with E-state index in [9.17, 15) is 9.59 Å². The van der Waals surface area contributed by atoms with Crippen LogP contribution in [0.15, 0.2) is 0 Å². The van der Waals surface area contributed by atoms with E-state index in [4.69, 9.17) is 4.74 Å². The highest BCUT2D eigenvalue weighted by molar-refractivity contribution is 5.81. The summed E-state index contributed by atoms with van der Waals surface area (Å²) in [5, 5.41) is 2.49. The van der Waals surface area contributed by atoms with Crippen LogP contribution in [0.1, 0.15) is 39.5 Å². The number of carbonyl (C=O) groups is 2. The monoisotopic (exact) mass is 231 g/mol. The van der Waals surface area contributed by atoms with E-state index < -0.39 is 18.1 Å². The second kappa shape index (κ2) is 9.00. The molecule has 0 rings (SSSR count). The summed E-state index contributed by atoms with van der Waals surface area (Å²) >= 11 is 0. The van der Waals surface area contributed by atoms with Gasteiger partial charge in [0, 0.05) is 0 Å². The highest BCUT2D eigenvalue weighted by Crippen LogP contribution is 2.00. The predicted molar refractivity (Wildman–Crippen MR) is 60.1 cm³/mol. The van der Waals surface area contributed by atoms with Crippen LogP contribution in [0.3, 0.4) is 0 Å². The highest BCUT2D eigenvalue weighted by Gasteiger charge is 2.20. The maximum atomic E-state index is 11.3. The molecule has 0 radical (unpaired) electrons. The highest BCUT2D eigenvalue weighted by atomic mass is 16.6. The van der Waals surface area contributed by atoms with Crippen LogP contribution in [0, 0.1) is 0 Å². The number of alkyl carbamates (subject to hydrolysis) is 1. The fraction of sp³-hybridized carbons (Fsp3) is 0.818. The number of carbonyl (C=O) groups excluding carboxylic acids is 2. The van der Waals surface area contributed by atoms with Gasteiger partial charge in [-0.3, -0.25) is 0 Å². The quantitative estimate of drug-likeness (QED) is 0.536. The number of hydrogen-bond acceptors (Lipinski definition) is 4. The van der Waals surface area contributed by atoms with Gasteiger partial charge in [-0.1, -0.05) is 26.7 Å². The van der Waals surface area contributed by atoms with Crippen molar-refractivity contribution in [1.29, 1.82) is 0 Å². The van der Waals surface area contributed by atoms with Crippen LogP contribution in [0.5, 0.6) is 0 Å². The molecule has 1 unspecified atom stereocenters. The third-order valence-corrected chi connectivity index (χ3v) is 2.09. The predicted octanol–water partition coefficient (Wildman–Crippen LogP) is 1.85. The molecule has 0 aromatic heterocycles. The van der Waals surface area contributed by atoms with Gasteiger partial charge in [-0.05, 0) is 12.8 Å². The summed E-state index contributed by atoms with van der Waals surface area (Å²) in [4.78, 5) is 22.6. The van der Waals surface area contributed by atoms with Gasteiger partial charge in [0.2, 0.25) is 0 Å². The lowest BCUT2D eigenvalue weighted by atomic mass is 10.2. The number of esters is 1. The first-order valence-electron chi connectivity index (χ1n) is 5.66. The first-order valence-corrected chi connectivity index (χ1v) is 5.66. The molecule has 0 fully saturated rings. The van der Waals surface area contributed by atoms with Gasteiger partial charge in [0.05, 0.1) is 13.7 Å². The summed E-state index contributed by atoms with van der Waals surface area (Å²) in [5.41, 5.74) is 0. The second-order valence-electron chi connectivity index (χ2n) is 3.50. The molecule has 0 saturated heterocycles. The molecule has 5 nitrogen and oxygen atoms in total. The van der Waals surface area contributed by atoms with E-state index >= 15 is 0 Å². The van der Waals surface area contributed by atoms with Crippen LogP contribution in [0.25, 0.3) is 0 Å². The molecule has 16 heavy (non-hydrogen) atoms. The Bertz CT molecular complexity index is 218. The molecule has 0 aliphatic rings. The summed E-state index contributed by atoms with van der Waals surface area (Å²) in [7, 11) is 1.30. The number of amides is 1. The molecular weight excluding hydrogens is 210 g/mol. The lowest BCUT2D eigenvalue weighted by molar-refractivity contribution is -0.143. The van der Waals surface area contributed by atoms with E-state index in [0.29, 0.717) is 13.0 Å². The van der Waals surface area contributed by atoms with Crippen molar-refractivity contribution in [2.45, 2.75) is 45.6 Å². The minimum absolute atomic E-state index is 0.377. The zero-order valence-corrected chi connectivity index (χ0v) is 10.2. The zero-order valence-electron chi connectivity index (χ0n) is 10.2. The Labute approximate surface area is 96.5 Å². The summed E-state index contributed by atoms with van der Waals surface area (Å²) in [6.07, 6.45) is 2.56. The fourth-order valence-electron chi connectivity index (χ4n) is 1.17. The Morgan fingerprint density at radius 1 is 1.25 bits per heavy atom. The molecule has 0 bridgehead atoms. The van der Waals surface area contributed by atoms with Crippen molar-refractivity contribution in [2.75, 3.05) is 13.7 Å². The van der Waals surface area contributed by atoms with Crippen molar-refractivity contribution < 1.29 is 19.1 Å². The van der Waals surface area contributed by atoms with Crippen LogP contribution in [-0.4, -0.2) is 31.8 Å². The van der Waals surface area contributed by atoms with Crippen LogP contribution in [0.2, 0.25) is 0 Å². The standard InChI is InChI=1S/C11H21NO4/c1-4-6-8-16-11(14)12-9(7-5-2)10(13)15-3/h9H,4-8H2,1-3H3,(H,12,14). The van der Waals surface area contributed by atoms with Crippen LogP contribution < -0.4 is 5.32 Å². The topological polar surface area (TPSA) is 64.6 Å². The minimum atomic E-state index is -0.607. The molecule has 5 heteroatoms. The maximum Gasteiger partial charge on any atom is 0.407 e. The van der Waals surface area contributed by atoms with Gasteiger partial charge in [0.1, 0.15) is 6.04 Å². The first-order chi connectivity index (χ1) is 7.65. The molecule has 1 N–H and O–H groups in total. The molecule has 94 valence electrons. The number of rotatable bonds is 7. The molecule has 0 saturated carbocycles. The maximum absolute atomic E-state index is 11.3. The minimum Gasteiger partial charge on any atom is -0.467 e. The van der Waals surface area contributed by atoms with Crippen LogP contribution >= 0.6 is 0 Å². The van der Waals surface area contributed by atoms with E-state index in [1.807, 2.05) is 13.8 Å². The van der Waals surface area contributed by atoms with E-state index in [1.165, 1.54) is 7.11 Å². The average Bonchev–Trinajstić information content (AvgIpc) is 2.28. The molecule has 0 aliphatic heterocycles. The third kappa shape index (κ3) is 6.27. The zero-order chi connectivity index (χ0) is 12.4. The van der Waals surface area contributed by atoms with Gasteiger partial charge in [0.25, 0.3) is 0 Å². The Hall–Kier alpha value is -1.26. The van der Waals surface area contributed by atoms with Gasteiger partial charge in [-0.25, -0.2) is 9.59 Å². The number of ether oxygens (including phenoxy) is 2. The second-order valence-corrected chi connectivity index (χ2v) is 3.50. The summed E-state index contributed by atoms with van der Waals surface area (Å²) < 4.78 is 9.48. The van der Waals surface area contributed by atoms with E-state index in [0.717, 1.165) is 19.3 Å². The van der Waals surface area contributed by atoms with E-state index in [-0.39, 0.29) is 0 Å². The number of unbranched alkanes of at least 4 members (excludes halogenated alkanes) is 1. The van der Waals surface area contributed by atoms with Crippen molar-refractivity contribution in [3.63, 3.8) is 0 Å². The van der Waals surface area contributed by atoms with Gasteiger partial charge >= 0.3 is 12.1 Å². The molecule has 0 heterocycles. The lowest BCUT2D eigenvalue weighted by Crippen LogP contribution is -2.41. The smallest absolute Gasteiger partial charge is 0.407 e. The van der Waals surface area contributed by atoms with Gasteiger partial charge in [-0.2, -0.15) is 0 Å². The molecule has 1 amide bonds. The number of nitrogens with one attached hydrogen (secondary N) is 1. The molecule has 0 aromatic carbocycles. The normalized spacial score (nSPS) is 11.7. The van der Waals surface area contributed by atoms with Crippen molar-refractivity contribution in [3.05, 3.63) is 0 Å². The van der Waals surface area contributed by atoms with Crippen molar-refractivity contribution in [3.8, 4) is 0 Å². The van der Waals surface area contributed by atoms with E-state index in [1.54, 1.807) is 0 Å². The Morgan fingerprint density at radius 3 is 2.44 bits per heavy atom. The first kappa shape index (κ1) is 14.7. The molecule has 0 spiro atoms. The van der Waals surface area contributed by atoms with Crippen LogP contribution in [0.4, 0.5) is 4.79 Å². The largest absolute Gasteiger partial charge is 0.467 e. The molecular formula is C11H21NO4. The van der Waals surface area contributed by atoms with Gasteiger partial charge in [-0.15, -0.1) is 0 Å².